The SMILES string of the molecule is N#Cc1csc(CNc2ccc(C(F)(F)F)cc2C#N)c1. The second-order valence-corrected chi connectivity index (χ2v) is 5.13. The van der Waals surface area contributed by atoms with Gasteiger partial charge in [-0.05, 0) is 24.3 Å². The monoisotopic (exact) mass is 307 g/mol. The molecule has 0 radical (unpaired) electrons. The number of nitrogens with one attached hydrogen (secondary N) is 1. The lowest BCUT2D eigenvalue weighted by atomic mass is 10.1. The summed E-state index contributed by atoms with van der Waals surface area (Å²) < 4.78 is 37.7. The van der Waals surface area contributed by atoms with Gasteiger partial charge >= 0.3 is 6.18 Å². The zero-order valence-electron chi connectivity index (χ0n) is 10.5. The van der Waals surface area contributed by atoms with Crippen LogP contribution in [0.4, 0.5) is 18.9 Å². The van der Waals surface area contributed by atoms with Crippen LogP contribution in [0.1, 0.15) is 21.6 Å². The second kappa shape index (κ2) is 5.86. The third-order valence-corrected chi connectivity index (χ3v) is 3.64. The van der Waals surface area contributed by atoms with Crippen LogP contribution in [-0.4, -0.2) is 0 Å². The number of hydrogen-bond donors (Lipinski definition) is 1. The molecule has 0 fully saturated rings. The fourth-order valence-electron chi connectivity index (χ4n) is 1.68. The molecule has 1 aromatic carbocycles. The Hall–Kier alpha value is -2.51. The van der Waals surface area contributed by atoms with Gasteiger partial charge in [0, 0.05) is 16.8 Å². The molecule has 0 spiro atoms. The molecule has 0 aliphatic heterocycles. The predicted molar refractivity (Wildman–Crippen MR) is 72.5 cm³/mol. The minimum absolute atomic E-state index is 0.0677. The summed E-state index contributed by atoms with van der Waals surface area (Å²) in [5, 5.41) is 22.3. The van der Waals surface area contributed by atoms with E-state index in [2.05, 4.69) is 5.32 Å². The molecule has 3 nitrogen and oxygen atoms in total. The molecule has 1 heterocycles. The first-order chi connectivity index (χ1) is 9.94. The maximum Gasteiger partial charge on any atom is 0.416 e. The standard InChI is InChI=1S/C14H8F3N3S/c15-14(16,17)11-1-2-13(10(4-11)6-19)20-7-12-3-9(5-18)8-21-12/h1-4,8,20H,7H2. The van der Waals surface area contributed by atoms with Crippen LogP contribution in [0.15, 0.2) is 29.6 Å². The largest absolute Gasteiger partial charge is 0.416 e. The summed E-state index contributed by atoms with van der Waals surface area (Å²) in [5.41, 5.74) is -0.0588. The number of anilines is 1. The lowest BCUT2D eigenvalue weighted by Crippen LogP contribution is -2.07. The Morgan fingerprint density at radius 2 is 1.90 bits per heavy atom. The van der Waals surface area contributed by atoms with Crippen molar-refractivity contribution in [2.24, 2.45) is 0 Å². The molecule has 1 N–H and O–H groups in total. The van der Waals surface area contributed by atoms with Gasteiger partial charge < -0.3 is 5.32 Å². The number of thiophene rings is 1. The molecule has 0 aliphatic rings. The Labute approximate surface area is 122 Å². The highest BCUT2D eigenvalue weighted by atomic mass is 32.1. The Balaban J connectivity index is 2.17. The van der Waals surface area contributed by atoms with Gasteiger partial charge in [0.1, 0.15) is 12.1 Å². The van der Waals surface area contributed by atoms with Crippen molar-refractivity contribution in [3.8, 4) is 12.1 Å². The molecule has 1 aromatic heterocycles. The van der Waals surface area contributed by atoms with E-state index in [0.717, 1.165) is 17.0 Å². The van der Waals surface area contributed by atoms with Crippen molar-refractivity contribution in [3.63, 3.8) is 0 Å². The van der Waals surface area contributed by atoms with Crippen LogP contribution in [0.5, 0.6) is 0 Å². The normalized spacial score (nSPS) is 10.7. The predicted octanol–water partition coefficient (Wildman–Crippen LogP) is 4.12. The molecule has 0 aliphatic carbocycles. The summed E-state index contributed by atoms with van der Waals surface area (Å²) in [6.07, 6.45) is -4.47. The molecular weight excluding hydrogens is 299 g/mol. The Kier molecular flexibility index (Phi) is 4.15. The van der Waals surface area contributed by atoms with Crippen LogP contribution in [0.25, 0.3) is 0 Å². The maximum atomic E-state index is 12.6. The van der Waals surface area contributed by atoms with Crippen molar-refractivity contribution in [1.82, 2.24) is 0 Å². The van der Waals surface area contributed by atoms with Gasteiger partial charge in [0.25, 0.3) is 0 Å². The van der Waals surface area contributed by atoms with Crippen molar-refractivity contribution < 1.29 is 13.2 Å². The van der Waals surface area contributed by atoms with Gasteiger partial charge in [0.2, 0.25) is 0 Å². The number of benzene rings is 1. The third kappa shape index (κ3) is 3.53. The van der Waals surface area contributed by atoms with Crippen LogP contribution >= 0.6 is 11.3 Å². The highest BCUT2D eigenvalue weighted by Gasteiger charge is 2.31. The average Bonchev–Trinajstić information content (AvgIpc) is 2.92. The quantitative estimate of drug-likeness (QED) is 0.927. The van der Waals surface area contributed by atoms with Gasteiger partial charge in [0.05, 0.1) is 22.4 Å². The first-order valence-electron chi connectivity index (χ1n) is 5.77. The van der Waals surface area contributed by atoms with E-state index >= 15 is 0 Å². The molecule has 106 valence electrons. The van der Waals surface area contributed by atoms with Crippen molar-refractivity contribution in [3.05, 3.63) is 51.2 Å². The number of hydrogen-bond acceptors (Lipinski definition) is 4. The van der Waals surface area contributed by atoms with Gasteiger partial charge in [-0.15, -0.1) is 11.3 Å². The van der Waals surface area contributed by atoms with Crippen LogP contribution in [0.3, 0.4) is 0 Å². The summed E-state index contributed by atoms with van der Waals surface area (Å²) >= 11 is 1.37. The number of alkyl halides is 3. The highest BCUT2D eigenvalue weighted by molar-refractivity contribution is 7.10. The van der Waals surface area contributed by atoms with E-state index in [4.69, 9.17) is 10.5 Å². The Bertz CT molecular complexity index is 735. The minimum atomic E-state index is -4.47. The molecule has 2 aromatic rings. The van der Waals surface area contributed by atoms with Gasteiger partial charge in [-0.2, -0.15) is 23.7 Å². The fraction of sp³-hybridized carbons (Fsp3) is 0.143. The Morgan fingerprint density at radius 1 is 1.14 bits per heavy atom. The molecule has 0 unspecified atom stereocenters. The molecule has 2 rings (SSSR count). The van der Waals surface area contributed by atoms with E-state index < -0.39 is 11.7 Å². The fourth-order valence-corrected chi connectivity index (χ4v) is 2.43. The summed E-state index contributed by atoms with van der Waals surface area (Å²) in [4.78, 5) is 0.857. The van der Waals surface area contributed by atoms with E-state index in [1.165, 1.54) is 17.4 Å². The van der Waals surface area contributed by atoms with Crippen LogP contribution in [-0.2, 0) is 12.7 Å². The second-order valence-electron chi connectivity index (χ2n) is 4.14. The first kappa shape index (κ1) is 14.9. The molecule has 0 bridgehead atoms. The Morgan fingerprint density at radius 3 is 2.48 bits per heavy atom. The van der Waals surface area contributed by atoms with Crippen LogP contribution in [0, 0.1) is 22.7 Å². The molecule has 0 saturated heterocycles. The van der Waals surface area contributed by atoms with Crippen molar-refractivity contribution in [2.75, 3.05) is 5.32 Å². The number of halogens is 3. The summed E-state index contributed by atoms with van der Waals surface area (Å²) in [5.74, 6) is 0. The van der Waals surface area contributed by atoms with E-state index in [1.54, 1.807) is 17.5 Å². The van der Waals surface area contributed by atoms with E-state index in [9.17, 15) is 13.2 Å². The lowest BCUT2D eigenvalue weighted by molar-refractivity contribution is -0.137. The van der Waals surface area contributed by atoms with Gasteiger partial charge in [-0.25, -0.2) is 0 Å². The van der Waals surface area contributed by atoms with Crippen molar-refractivity contribution in [1.29, 1.82) is 10.5 Å². The van der Waals surface area contributed by atoms with Crippen molar-refractivity contribution in [2.45, 2.75) is 12.7 Å². The summed E-state index contributed by atoms with van der Waals surface area (Å²) in [6, 6.07) is 8.42. The zero-order chi connectivity index (χ0) is 15.5. The summed E-state index contributed by atoms with van der Waals surface area (Å²) in [6.45, 7) is 0.340. The van der Waals surface area contributed by atoms with E-state index in [-0.39, 0.29) is 5.56 Å². The summed E-state index contributed by atoms with van der Waals surface area (Å²) in [7, 11) is 0. The van der Waals surface area contributed by atoms with Gasteiger partial charge in [-0.1, -0.05) is 0 Å². The third-order valence-electron chi connectivity index (χ3n) is 2.70. The molecular formula is C14H8F3N3S. The number of rotatable bonds is 3. The molecule has 7 heteroatoms. The van der Waals surface area contributed by atoms with Crippen molar-refractivity contribution >= 4 is 17.0 Å². The lowest BCUT2D eigenvalue weighted by Gasteiger charge is -2.11. The van der Waals surface area contributed by atoms with E-state index in [1.807, 2.05) is 6.07 Å². The van der Waals surface area contributed by atoms with Crippen LogP contribution in [0.2, 0.25) is 0 Å². The number of nitrogens with zero attached hydrogens (tertiary/aromatic N) is 2. The maximum absolute atomic E-state index is 12.6. The highest BCUT2D eigenvalue weighted by Crippen LogP contribution is 2.31. The number of nitriles is 2. The molecule has 21 heavy (non-hydrogen) atoms. The van der Waals surface area contributed by atoms with Crippen LogP contribution < -0.4 is 5.32 Å². The van der Waals surface area contributed by atoms with Gasteiger partial charge in [0.15, 0.2) is 0 Å². The minimum Gasteiger partial charge on any atom is -0.379 e. The zero-order valence-corrected chi connectivity index (χ0v) is 11.3. The smallest absolute Gasteiger partial charge is 0.379 e. The molecule has 0 atom stereocenters. The molecule has 0 saturated carbocycles. The molecule has 0 amide bonds. The topological polar surface area (TPSA) is 59.6 Å². The average molecular weight is 307 g/mol. The van der Waals surface area contributed by atoms with Gasteiger partial charge in [-0.3, -0.25) is 0 Å². The van der Waals surface area contributed by atoms with E-state index in [0.29, 0.717) is 17.8 Å². The first-order valence-corrected chi connectivity index (χ1v) is 6.64.